The number of aromatic amines is 1. The Morgan fingerprint density at radius 1 is 1.27 bits per heavy atom. The standard InChI is InChI=1S/C17H12Cl2N4O2S/c1-25-16(24)11-4-2-10(3-5-11)9-20-23-15(21-22-17(23)26)13-7-6-12(18)8-14(13)19/h2-9H,1H3,(H,22,26). The summed E-state index contributed by atoms with van der Waals surface area (Å²) in [6.45, 7) is 0. The van der Waals surface area contributed by atoms with Crippen molar-refractivity contribution in [3.63, 3.8) is 0 Å². The van der Waals surface area contributed by atoms with Gasteiger partial charge < -0.3 is 4.74 Å². The molecule has 0 saturated carbocycles. The van der Waals surface area contributed by atoms with Gasteiger partial charge in [0.2, 0.25) is 4.77 Å². The van der Waals surface area contributed by atoms with Gasteiger partial charge in [-0.2, -0.15) is 14.9 Å². The molecule has 0 spiro atoms. The minimum Gasteiger partial charge on any atom is -0.465 e. The summed E-state index contributed by atoms with van der Waals surface area (Å²) in [5.41, 5.74) is 1.87. The molecule has 0 aliphatic rings. The van der Waals surface area contributed by atoms with Crippen LogP contribution in [0.5, 0.6) is 0 Å². The zero-order valence-electron chi connectivity index (χ0n) is 13.4. The molecular formula is C17H12Cl2N4O2S. The number of benzene rings is 2. The van der Waals surface area contributed by atoms with Crippen molar-refractivity contribution in [2.24, 2.45) is 5.10 Å². The van der Waals surface area contributed by atoms with Crippen LogP contribution in [0.1, 0.15) is 15.9 Å². The van der Waals surface area contributed by atoms with Gasteiger partial charge >= 0.3 is 5.97 Å². The molecule has 6 nitrogen and oxygen atoms in total. The first-order valence-electron chi connectivity index (χ1n) is 7.35. The summed E-state index contributed by atoms with van der Waals surface area (Å²) in [6, 6.07) is 11.9. The Balaban J connectivity index is 1.93. The van der Waals surface area contributed by atoms with E-state index in [1.54, 1.807) is 48.7 Å². The van der Waals surface area contributed by atoms with E-state index in [1.807, 2.05) is 0 Å². The van der Waals surface area contributed by atoms with Crippen LogP contribution in [-0.2, 0) is 4.74 Å². The highest BCUT2D eigenvalue weighted by Gasteiger charge is 2.12. The molecule has 0 unspecified atom stereocenters. The molecule has 1 heterocycles. The maximum atomic E-state index is 11.5. The maximum Gasteiger partial charge on any atom is 0.337 e. The maximum absolute atomic E-state index is 11.5. The average molecular weight is 407 g/mol. The average Bonchev–Trinajstić information content (AvgIpc) is 3.00. The second-order valence-corrected chi connectivity index (χ2v) is 6.38. The lowest BCUT2D eigenvalue weighted by Crippen LogP contribution is -2.01. The van der Waals surface area contributed by atoms with Crippen molar-refractivity contribution in [2.45, 2.75) is 0 Å². The van der Waals surface area contributed by atoms with Crippen LogP contribution < -0.4 is 0 Å². The van der Waals surface area contributed by atoms with Crippen molar-refractivity contribution in [3.8, 4) is 11.4 Å². The number of carbonyl (C=O) groups is 1. The van der Waals surface area contributed by atoms with E-state index in [9.17, 15) is 4.79 Å². The third-order valence-corrected chi connectivity index (χ3v) is 4.29. The molecule has 0 amide bonds. The van der Waals surface area contributed by atoms with E-state index in [0.29, 0.717) is 31.8 Å². The molecular weight excluding hydrogens is 395 g/mol. The van der Waals surface area contributed by atoms with Crippen LogP contribution >= 0.6 is 35.4 Å². The highest BCUT2D eigenvalue weighted by atomic mass is 35.5. The van der Waals surface area contributed by atoms with E-state index < -0.39 is 5.97 Å². The fraction of sp³-hybridized carbons (Fsp3) is 0.0588. The highest BCUT2D eigenvalue weighted by Crippen LogP contribution is 2.29. The topological polar surface area (TPSA) is 72.3 Å². The molecule has 0 aliphatic carbocycles. The van der Waals surface area contributed by atoms with Gasteiger partial charge in [-0.3, -0.25) is 0 Å². The number of hydrogen-bond acceptors (Lipinski definition) is 5. The van der Waals surface area contributed by atoms with E-state index in [0.717, 1.165) is 5.56 Å². The summed E-state index contributed by atoms with van der Waals surface area (Å²) in [7, 11) is 1.34. The molecule has 0 radical (unpaired) electrons. The summed E-state index contributed by atoms with van der Waals surface area (Å²) < 4.78 is 6.44. The Morgan fingerprint density at radius 3 is 2.65 bits per heavy atom. The van der Waals surface area contributed by atoms with Crippen LogP contribution in [0.15, 0.2) is 47.6 Å². The second-order valence-electron chi connectivity index (χ2n) is 5.15. The van der Waals surface area contributed by atoms with Crippen molar-refractivity contribution in [3.05, 3.63) is 68.4 Å². The molecule has 26 heavy (non-hydrogen) atoms. The predicted octanol–water partition coefficient (Wildman–Crippen LogP) is 4.58. The Labute approximate surface area is 164 Å². The molecule has 0 atom stereocenters. The highest BCUT2D eigenvalue weighted by molar-refractivity contribution is 7.71. The van der Waals surface area contributed by atoms with Gasteiger partial charge in [-0.05, 0) is 48.1 Å². The van der Waals surface area contributed by atoms with E-state index in [-0.39, 0.29) is 0 Å². The van der Waals surface area contributed by atoms with Gasteiger partial charge in [-0.25, -0.2) is 9.89 Å². The smallest absolute Gasteiger partial charge is 0.337 e. The molecule has 0 bridgehead atoms. The lowest BCUT2D eigenvalue weighted by Gasteiger charge is -2.04. The normalized spacial score (nSPS) is 11.0. The molecule has 3 rings (SSSR count). The number of hydrogen-bond donors (Lipinski definition) is 1. The fourth-order valence-corrected chi connectivity index (χ4v) is 2.86. The largest absolute Gasteiger partial charge is 0.465 e. The third-order valence-electron chi connectivity index (χ3n) is 3.48. The molecule has 9 heteroatoms. The van der Waals surface area contributed by atoms with Crippen LogP contribution in [0.25, 0.3) is 11.4 Å². The SMILES string of the molecule is COC(=O)c1ccc(C=Nn2c(-c3ccc(Cl)cc3Cl)n[nH]c2=S)cc1. The van der Waals surface area contributed by atoms with Crippen LogP contribution in [0, 0.1) is 4.77 Å². The van der Waals surface area contributed by atoms with Gasteiger partial charge in [-0.15, -0.1) is 0 Å². The van der Waals surface area contributed by atoms with Crippen LogP contribution in [0.4, 0.5) is 0 Å². The van der Waals surface area contributed by atoms with E-state index >= 15 is 0 Å². The fourth-order valence-electron chi connectivity index (χ4n) is 2.19. The van der Waals surface area contributed by atoms with Crippen molar-refractivity contribution in [2.75, 3.05) is 7.11 Å². The van der Waals surface area contributed by atoms with Crippen molar-refractivity contribution >= 4 is 47.6 Å². The summed E-state index contributed by atoms with van der Waals surface area (Å²) in [5.74, 6) is 0.0595. The summed E-state index contributed by atoms with van der Waals surface area (Å²) >= 11 is 17.4. The second kappa shape index (κ2) is 7.82. The lowest BCUT2D eigenvalue weighted by molar-refractivity contribution is 0.0600. The summed E-state index contributed by atoms with van der Waals surface area (Å²) in [6.07, 6.45) is 1.60. The Kier molecular flexibility index (Phi) is 5.51. The van der Waals surface area contributed by atoms with Crippen LogP contribution in [0.2, 0.25) is 10.0 Å². The minimum absolute atomic E-state index is 0.313. The number of nitrogens with one attached hydrogen (secondary N) is 1. The third kappa shape index (κ3) is 3.85. The van der Waals surface area contributed by atoms with Crippen molar-refractivity contribution in [1.29, 1.82) is 0 Å². The first kappa shape index (κ1) is 18.3. The van der Waals surface area contributed by atoms with E-state index in [2.05, 4.69) is 20.0 Å². The van der Waals surface area contributed by atoms with Gasteiger partial charge in [0.1, 0.15) is 0 Å². The number of ether oxygens (including phenoxy) is 1. The quantitative estimate of drug-likeness (QED) is 0.390. The number of halogens is 2. The van der Waals surface area contributed by atoms with E-state index in [4.69, 9.17) is 35.4 Å². The Hall–Kier alpha value is -2.48. The zero-order valence-corrected chi connectivity index (χ0v) is 15.8. The minimum atomic E-state index is -0.398. The van der Waals surface area contributed by atoms with Gasteiger partial charge in [0.25, 0.3) is 0 Å². The number of H-pyrrole nitrogens is 1. The summed E-state index contributed by atoms with van der Waals surface area (Å²) in [4.78, 5) is 11.5. The first-order chi connectivity index (χ1) is 12.5. The molecule has 3 aromatic rings. The van der Waals surface area contributed by atoms with Gasteiger partial charge in [0, 0.05) is 10.6 Å². The van der Waals surface area contributed by atoms with Crippen LogP contribution in [0.3, 0.4) is 0 Å². The van der Waals surface area contributed by atoms with Crippen molar-refractivity contribution in [1.82, 2.24) is 14.9 Å². The first-order valence-corrected chi connectivity index (χ1v) is 8.51. The van der Waals surface area contributed by atoms with Gasteiger partial charge in [0.15, 0.2) is 5.82 Å². The monoisotopic (exact) mass is 406 g/mol. The number of carbonyl (C=O) groups excluding carboxylic acids is 1. The van der Waals surface area contributed by atoms with E-state index in [1.165, 1.54) is 11.8 Å². The lowest BCUT2D eigenvalue weighted by atomic mass is 10.1. The number of aromatic nitrogens is 3. The number of esters is 1. The molecule has 1 aromatic heterocycles. The number of methoxy groups -OCH3 is 1. The number of nitrogens with zero attached hydrogens (tertiary/aromatic N) is 3. The summed E-state index contributed by atoms with van der Waals surface area (Å²) in [5, 5.41) is 12.2. The zero-order chi connectivity index (χ0) is 18.7. The molecule has 0 aliphatic heterocycles. The predicted molar refractivity (Wildman–Crippen MR) is 104 cm³/mol. The Morgan fingerprint density at radius 2 is 2.00 bits per heavy atom. The Bertz CT molecular complexity index is 1040. The molecule has 0 saturated heterocycles. The molecule has 1 N–H and O–H groups in total. The van der Waals surface area contributed by atoms with Gasteiger partial charge in [-0.1, -0.05) is 35.3 Å². The number of rotatable bonds is 4. The van der Waals surface area contributed by atoms with Gasteiger partial charge in [0.05, 0.1) is 23.9 Å². The molecule has 132 valence electrons. The van der Waals surface area contributed by atoms with Crippen molar-refractivity contribution < 1.29 is 9.53 Å². The van der Waals surface area contributed by atoms with Crippen LogP contribution in [-0.4, -0.2) is 34.2 Å². The molecule has 2 aromatic carbocycles. The molecule has 0 fully saturated rings.